The number of carbonyl (C=O) groups is 1. The van der Waals surface area contributed by atoms with Gasteiger partial charge < -0.3 is 14.4 Å². The fraction of sp³-hybridized carbons (Fsp3) is 0.556. The molecular weight excluding hydrogens is 334 g/mol. The second-order valence-electron chi connectivity index (χ2n) is 6.88. The molecule has 2 aliphatic rings. The number of ether oxygens (including phenoxy) is 2. The largest absolute Gasteiger partial charge is 0.460 e. The molecule has 8 heteroatoms. The van der Waals surface area contributed by atoms with Crippen LogP contribution in [-0.2, 0) is 16.1 Å². The first-order chi connectivity index (χ1) is 12.7. The lowest BCUT2D eigenvalue weighted by Gasteiger charge is -2.45. The lowest BCUT2D eigenvalue weighted by atomic mass is 9.83. The number of piperidine rings is 1. The maximum atomic E-state index is 12.4. The van der Waals surface area contributed by atoms with Gasteiger partial charge in [-0.05, 0) is 25.0 Å². The van der Waals surface area contributed by atoms with Crippen molar-refractivity contribution < 1.29 is 14.3 Å². The van der Waals surface area contributed by atoms with E-state index in [1.165, 1.54) is 0 Å². The van der Waals surface area contributed by atoms with Crippen LogP contribution in [0.25, 0.3) is 0 Å². The number of rotatable bonds is 4. The molecule has 0 aromatic carbocycles. The van der Waals surface area contributed by atoms with E-state index in [4.69, 9.17) is 9.47 Å². The predicted molar refractivity (Wildman–Crippen MR) is 92.4 cm³/mol. The van der Waals surface area contributed by atoms with Crippen molar-refractivity contribution in [2.24, 2.45) is 0 Å². The molecule has 4 heterocycles. The van der Waals surface area contributed by atoms with Crippen LogP contribution in [0.3, 0.4) is 0 Å². The Morgan fingerprint density at radius 3 is 2.77 bits per heavy atom. The lowest BCUT2D eigenvalue weighted by molar-refractivity contribution is -0.152. The van der Waals surface area contributed by atoms with Gasteiger partial charge >= 0.3 is 6.01 Å². The van der Waals surface area contributed by atoms with Gasteiger partial charge in [-0.3, -0.25) is 9.48 Å². The molecule has 1 unspecified atom stereocenters. The first-order valence-electron chi connectivity index (χ1n) is 9.05. The average Bonchev–Trinajstić information content (AvgIpc) is 3.16. The Labute approximate surface area is 152 Å². The van der Waals surface area contributed by atoms with Gasteiger partial charge in [-0.2, -0.15) is 5.10 Å². The Morgan fingerprint density at radius 2 is 2.04 bits per heavy atom. The van der Waals surface area contributed by atoms with Crippen molar-refractivity contribution in [3.8, 4) is 6.01 Å². The standard InChI is InChI=1S/C18H23N5O3/c24-16(14-23-9-2-8-21-23)22-10-4-18(5-11-22)13-15(3-12-25-18)26-17-19-6-1-7-20-17/h1-2,6-9,15H,3-5,10-14H2. The molecule has 0 radical (unpaired) electrons. The average molecular weight is 357 g/mol. The van der Waals surface area contributed by atoms with Crippen LogP contribution in [0, 0.1) is 0 Å². The maximum Gasteiger partial charge on any atom is 0.316 e. The third kappa shape index (κ3) is 3.85. The minimum Gasteiger partial charge on any atom is -0.460 e. The normalized spacial score (nSPS) is 22.3. The van der Waals surface area contributed by atoms with Crippen molar-refractivity contribution in [1.82, 2.24) is 24.6 Å². The number of hydrogen-bond acceptors (Lipinski definition) is 6. The highest BCUT2D eigenvalue weighted by atomic mass is 16.5. The van der Waals surface area contributed by atoms with Crippen molar-refractivity contribution in [1.29, 1.82) is 0 Å². The molecule has 138 valence electrons. The fourth-order valence-electron chi connectivity index (χ4n) is 3.72. The summed E-state index contributed by atoms with van der Waals surface area (Å²) in [6.07, 6.45) is 10.2. The monoisotopic (exact) mass is 357 g/mol. The Balaban J connectivity index is 1.31. The molecule has 4 rings (SSSR count). The van der Waals surface area contributed by atoms with E-state index in [0.717, 1.165) is 25.7 Å². The van der Waals surface area contributed by atoms with Crippen LogP contribution in [0.1, 0.15) is 25.7 Å². The van der Waals surface area contributed by atoms with Crippen molar-refractivity contribution in [2.45, 2.75) is 43.9 Å². The first-order valence-corrected chi connectivity index (χ1v) is 9.05. The molecule has 0 saturated carbocycles. The minimum absolute atomic E-state index is 0.0532. The van der Waals surface area contributed by atoms with Crippen LogP contribution in [0.15, 0.2) is 36.9 Å². The molecule has 0 aliphatic carbocycles. The fourth-order valence-corrected chi connectivity index (χ4v) is 3.72. The highest BCUT2D eigenvalue weighted by molar-refractivity contribution is 5.76. The molecule has 2 aromatic heterocycles. The summed E-state index contributed by atoms with van der Waals surface area (Å²) in [5, 5.41) is 4.10. The maximum absolute atomic E-state index is 12.4. The van der Waals surface area contributed by atoms with E-state index in [9.17, 15) is 4.79 Å². The van der Waals surface area contributed by atoms with Crippen LogP contribution in [-0.4, -0.2) is 62.0 Å². The highest BCUT2D eigenvalue weighted by Gasteiger charge is 2.42. The van der Waals surface area contributed by atoms with Crippen LogP contribution < -0.4 is 4.74 Å². The summed E-state index contributed by atoms with van der Waals surface area (Å²) in [4.78, 5) is 22.6. The molecule has 2 saturated heterocycles. The number of aromatic nitrogens is 4. The zero-order valence-corrected chi connectivity index (χ0v) is 14.7. The van der Waals surface area contributed by atoms with Crippen molar-refractivity contribution in [2.75, 3.05) is 19.7 Å². The SMILES string of the molecule is O=C(Cn1cccn1)N1CCC2(CC1)CC(Oc1ncccn1)CCO2. The Kier molecular flexibility index (Phi) is 4.83. The summed E-state index contributed by atoms with van der Waals surface area (Å²) in [6, 6.07) is 4.01. The molecule has 0 N–H and O–H groups in total. The van der Waals surface area contributed by atoms with Crippen molar-refractivity contribution in [3.63, 3.8) is 0 Å². The molecule has 2 aliphatic heterocycles. The Morgan fingerprint density at radius 1 is 1.23 bits per heavy atom. The van der Waals surface area contributed by atoms with Gasteiger partial charge in [0.25, 0.3) is 0 Å². The molecule has 2 fully saturated rings. The molecule has 1 amide bonds. The van der Waals surface area contributed by atoms with Gasteiger partial charge in [0.2, 0.25) is 5.91 Å². The Hall–Kier alpha value is -2.48. The van der Waals surface area contributed by atoms with Crippen molar-refractivity contribution >= 4 is 5.91 Å². The van der Waals surface area contributed by atoms with Crippen LogP contribution in [0.2, 0.25) is 0 Å². The van der Waals surface area contributed by atoms with E-state index in [1.807, 2.05) is 11.0 Å². The topological polar surface area (TPSA) is 82.4 Å². The first kappa shape index (κ1) is 17.0. The van der Waals surface area contributed by atoms with Gasteiger partial charge in [0.05, 0.1) is 12.2 Å². The van der Waals surface area contributed by atoms with Gasteiger partial charge in [-0.1, -0.05) is 0 Å². The van der Waals surface area contributed by atoms with E-state index in [-0.39, 0.29) is 24.2 Å². The van der Waals surface area contributed by atoms with E-state index in [2.05, 4.69) is 15.1 Å². The zero-order valence-electron chi connectivity index (χ0n) is 14.7. The van der Waals surface area contributed by atoms with E-state index >= 15 is 0 Å². The molecule has 1 spiro atoms. The summed E-state index contributed by atoms with van der Waals surface area (Å²) >= 11 is 0. The van der Waals surface area contributed by atoms with Gasteiger partial charge in [0, 0.05) is 50.7 Å². The Bertz CT molecular complexity index is 714. The van der Waals surface area contributed by atoms with Crippen LogP contribution >= 0.6 is 0 Å². The quantitative estimate of drug-likeness (QED) is 0.820. The number of nitrogens with zero attached hydrogens (tertiary/aromatic N) is 5. The third-order valence-electron chi connectivity index (χ3n) is 5.15. The highest BCUT2D eigenvalue weighted by Crippen LogP contribution is 2.36. The molecule has 1 atom stereocenters. The molecule has 2 aromatic rings. The number of amides is 1. The predicted octanol–water partition coefficient (Wildman–Crippen LogP) is 1.29. The summed E-state index contributed by atoms with van der Waals surface area (Å²) in [5.41, 5.74) is -0.208. The number of carbonyl (C=O) groups excluding carboxylic acids is 1. The second-order valence-corrected chi connectivity index (χ2v) is 6.88. The second kappa shape index (κ2) is 7.41. The smallest absolute Gasteiger partial charge is 0.316 e. The van der Waals surface area contributed by atoms with Gasteiger partial charge in [-0.25, -0.2) is 9.97 Å². The minimum atomic E-state index is -0.208. The molecule has 26 heavy (non-hydrogen) atoms. The number of hydrogen-bond donors (Lipinski definition) is 0. The summed E-state index contributed by atoms with van der Waals surface area (Å²) in [6.45, 7) is 2.36. The van der Waals surface area contributed by atoms with Gasteiger partial charge in [-0.15, -0.1) is 0 Å². The van der Waals surface area contributed by atoms with Gasteiger partial charge in [0.15, 0.2) is 0 Å². The van der Waals surface area contributed by atoms with E-state index in [0.29, 0.717) is 25.7 Å². The van der Waals surface area contributed by atoms with E-state index in [1.54, 1.807) is 35.5 Å². The summed E-state index contributed by atoms with van der Waals surface area (Å²) < 4.78 is 13.7. The molecular formula is C18H23N5O3. The van der Waals surface area contributed by atoms with Crippen molar-refractivity contribution in [3.05, 3.63) is 36.9 Å². The molecule has 0 bridgehead atoms. The lowest BCUT2D eigenvalue weighted by Crippen LogP contribution is -2.53. The number of likely N-dealkylation sites (tertiary alicyclic amines) is 1. The van der Waals surface area contributed by atoms with Crippen LogP contribution in [0.4, 0.5) is 0 Å². The molecule has 8 nitrogen and oxygen atoms in total. The van der Waals surface area contributed by atoms with Gasteiger partial charge in [0.1, 0.15) is 12.6 Å². The summed E-state index contributed by atoms with van der Waals surface area (Å²) in [7, 11) is 0. The van der Waals surface area contributed by atoms with Crippen LogP contribution in [0.5, 0.6) is 6.01 Å². The zero-order chi connectivity index (χ0) is 17.8. The summed E-state index contributed by atoms with van der Waals surface area (Å²) in [5.74, 6) is 0.102. The third-order valence-corrected chi connectivity index (χ3v) is 5.15. The van der Waals surface area contributed by atoms with E-state index < -0.39 is 0 Å².